The molecule has 0 radical (unpaired) electrons. The van der Waals surface area contributed by atoms with Gasteiger partial charge in [-0.2, -0.15) is 0 Å². The molecule has 0 bridgehead atoms. The molecule has 0 aromatic heterocycles. The number of rotatable bonds is 7. The van der Waals surface area contributed by atoms with Crippen LogP contribution in [0.3, 0.4) is 0 Å². The molecule has 2 aromatic rings. The molecule has 3 rings (SSSR count). The first-order chi connectivity index (χ1) is 13.7. The van der Waals surface area contributed by atoms with Crippen LogP contribution in [-0.4, -0.2) is 53.2 Å². The topological polar surface area (TPSA) is 107 Å². The molecule has 0 spiro atoms. The second kappa shape index (κ2) is 8.54. The summed E-state index contributed by atoms with van der Waals surface area (Å²) in [6.07, 6.45) is 0.761. The zero-order valence-corrected chi connectivity index (χ0v) is 17.6. The molecule has 1 unspecified atom stereocenters. The molecule has 0 aliphatic carbocycles. The smallest absolute Gasteiger partial charge is 0.251 e. The van der Waals surface area contributed by atoms with Gasteiger partial charge in [-0.3, -0.25) is 4.79 Å². The van der Waals surface area contributed by atoms with Crippen molar-refractivity contribution in [3.63, 3.8) is 0 Å². The molecule has 9 heteroatoms. The molecular weight excluding hydrogens is 414 g/mol. The lowest BCUT2D eigenvalue weighted by Crippen LogP contribution is -2.26. The fraction of sp³-hybridized carbons (Fsp3) is 0.350. The van der Waals surface area contributed by atoms with Crippen molar-refractivity contribution in [1.29, 1.82) is 0 Å². The van der Waals surface area contributed by atoms with E-state index in [-0.39, 0.29) is 28.7 Å². The lowest BCUT2D eigenvalue weighted by molar-refractivity contribution is 0.0954. The molecule has 1 heterocycles. The van der Waals surface area contributed by atoms with Crippen LogP contribution in [-0.2, 0) is 26.1 Å². The van der Waals surface area contributed by atoms with E-state index in [9.17, 15) is 21.6 Å². The Labute approximate surface area is 170 Å². The second-order valence-corrected chi connectivity index (χ2v) is 11.4. The summed E-state index contributed by atoms with van der Waals surface area (Å²) >= 11 is 0. The van der Waals surface area contributed by atoms with E-state index in [1.165, 1.54) is 24.3 Å². The van der Waals surface area contributed by atoms with E-state index < -0.39 is 24.9 Å². The third-order valence-corrected chi connectivity index (χ3v) is 9.12. The number of amides is 1. The molecule has 1 N–H and O–H groups in total. The van der Waals surface area contributed by atoms with Crippen LogP contribution < -0.4 is 10.1 Å². The third-order valence-electron chi connectivity index (χ3n) is 4.93. The van der Waals surface area contributed by atoms with Gasteiger partial charge < -0.3 is 10.1 Å². The predicted octanol–water partition coefficient (Wildman–Crippen LogP) is 1.63. The molecule has 7 nitrogen and oxygen atoms in total. The Hall–Kier alpha value is -2.39. The minimum atomic E-state index is -3.73. The summed E-state index contributed by atoms with van der Waals surface area (Å²) in [5.41, 5.74) is 1.40. The summed E-state index contributed by atoms with van der Waals surface area (Å²) in [4.78, 5) is 12.3. The summed E-state index contributed by atoms with van der Waals surface area (Å²) in [7, 11) is -5.43. The molecule has 1 atom stereocenters. The predicted molar refractivity (Wildman–Crippen MR) is 110 cm³/mol. The van der Waals surface area contributed by atoms with Crippen LogP contribution in [0.5, 0.6) is 5.75 Å². The number of hydrogen-bond donors (Lipinski definition) is 1. The van der Waals surface area contributed by atoms with Crippen LogP contribution in [0.1, 0.15) is 22.3 Å². The van der Waals surface area contributed by atoms with E-state index in [4.69, 9.17) is 4.74 Å². The first-order valence-corrected chi connectivity index (χ1v) is 12.5. The fourth-order valence-electron chi connectivity index (χ4n) is 3.21. The number of benzene rings is 2. The van der Waals surface area contributed by atoms with Crippen molar-refractivity contribution >= 4 is 25.6 Å². The summed E-state index contributed by atoms with van der Waals surface area (Å²) in [5.74, 6) is 0.0167. The Morgan fingerprint density at radius 3 is 2.31 bits per heavy atom. The van der Waals surface area contributed by atoms with Crippen molar-refractivity contribution < 1.29 is 26.4 Å². The number of hydrogen-bond acceptors (Lipinski definition) is 6. The molecule has 1 saturated heterocycles. The SMILES string of the molecule is COc1ccc(CCNC(=O)c2ccc(S(=O)(=O)C3CCS(=O)(=O)C3)cc2)cc1. The van der Waals surface area contributed by atoms with E-state index in [1.54, 1.807) is 7.11 Å². The highest BCUT2D eigenvalue weighted by atomic mass is 32.2. The molecule has 2 aromatic carbocycles. The van der Waals surface area contributed by atoms with Crippen LogP contribution in [0.15, 0.2) is 53.4 Å². The van der Waals surface area contributed by atoms with Gasteiger partial charge in [-0.1, -0.05) is 12.1 Å². The first-order valence-electron chi connectivity index (χ1n) is 9.17. The minimum absolute atomic E-state index is 0.0365. The largest absolute Gasteiger partial charge is 0.497 e. The van der Waals surface area contributed by atoms with Gasteiger partial charge in [0.05, 0.1) is 28.8 Å². The minimum Gasteiger partial charge on any atom is -0.497 e. The Morgan fingerprint density at radius 2 is 1.76 bits per heavy atom. The van der Waals surface area contributed by atoms with Gasteiger partial charge in [-0.05, 0) is 54.8 Å². The number of methoxy groups -OCH3 is 1. The monoisotopic (exact) mass is 437 g/mol. The number of carbonyl (C=O) groups excluding carboxylic acids is 1. The Bertz CT molecular complexity index is 1070. The highest BCUT2D eigenvalue weighted by molar-refractivity contribution is 7.96. The van der Waals surface area contributed by atoms with Gasteiger partial charge in [0, 0.05) is 12.1 Å². The van der Waals surface area contributed by atoms with Crippen molar-refractivity contribution in [2.24, 2.45) is 0 Å². The summed E-state index contributed by atoms with van der Waals surface area (Å²) in [6, 6.07) is 13.2. The van der Waals surface area contributed by atoms with E-state index >= 15 is 0 Å². The Kier molecular flexibility index (Phi) is 6.28. The molecule has 156 valence electrons. The number of nitrogens with one attached hydrogen (secondary N) is 1. The number of carbonyl (C=O) groups is 1. The maximum atomic E-state index is 12.6. The number of ether oxygens (including phenoxy) is 1. The van der Waals surface area contributed by atoms with Crippen molar-refractivity contribution in [1.82, 2.24) is 5.32 Å². The van der Waals surface area contributed by atoms with E-state index in [2.05, 4.69) is 5.32 Å². The Morgan fingerprint density at radius 1 is 1.10 bits per heavy atom. The maximum absolute atomic E-state index is 12.6. The van der Waals surface area contributed by atoms with Crippen LogP contribution >= 0.6 is 0 Å². The van der Waals surface area contributed by atoms with Crippen LogP contribution in [0.4, 0.5) is 0 Å². The zero-order valence-electron chi connectivity index (χ0n) is 16.0. The third kappa shape index (κ3) is 5.16. The van der Waals surface area contributed by atoms with Gasteiger partial charge in [0.2, 0.25) is 0 Å². The van der Waals surface area contributed by atoms with Gasteiger partial charge in [-0.15, -0.1) is 0 Å². The molecular formula is C20H23NO6S2. The molecule has 1 amide bonds. The quantitative estimate of drug-likeness (QED) is 0.706. The van der Waals surface area contributed by atoms with Crippen molar-refractivity contribution in [3.05, 3.63) is 59.7 Å². The normalized spacial score (nSPS) is 18.3. The van der Waals surface area contributed by atoms with Crippen LogP contribution in [0, 0.1) is 0 Å². The molecule has 1 fully saturated rings. The zero-order chi connectivity index (χ0) is 21.1. The number of sulfone groups is 2. The van der Waals surface area contributed by atoms with Gasteiger partial charge in [0.15, 0.2) is 19.7 Å². The van der Waals surface area contributed by atoms with Crippen LogP contribution in [0.2, 0.25) is 0 Å². The van der Waals surface area contributed by atoms with Crippen molar-refractivity contribution in [3.8, 4) is 5.75 Å². The van der Waals surface area contributed by atoms with Crippen molar-refractivity contribution in [2.45, 2.75) is 23.0 Å². The van der Waals surface area contributed by atoms with Gasteiger partial charge in [0.25, 0.3) is 5.91 Å². The highest BCUT2D eigenvalue weighted by Crippen LogP contribution is 2.25. The molecule has 29 heavy (non-hydrogen) atoms. The second-order valence-electron chi connectivity index (χ2n) is 6.95. The van der Waals surface area contributed by atoms with E-state index in [0.717, 1.165) is 11.3 Å². The van der Waals surface area contributed by atoms with E-state index in [0.29, 0.717) is 18.5 Å². The Balaban J connectivity index is 1.58. The summed E-state index contributed by atoms with van der Waals surface area (Å²) in [6.45, 7) is 0.436. The van der Waals surface area contributed by atoms with Gasteiger partial charge >= 0.3 is 0 Å². The van der Waals surface area contributed by atoms with Crippen molar-refractivity contribution in [2.75, 3.05) is 25.2 Å². The summed E-state index contributed by atoms with van der Waals surface area (Å²) < 4.78 is 53.5. The molecule has 0 saturated carbocycles. The average Bonchev–Trinajstić information content (AvgIpc) is 3.09. The lowest BCUT2D eigenvalue weighted by Gasteiger charge is -2.11. The highest BCUT2D eigenvalue weighted by Gasteiger charge is 2.37. The standard InChI is InChI=1S/C20H23NO6S2/c1-27-17-6-2-15(3-7-17)10-12-21-20(22)16-4-8-18(9-5-16)29(25,26)19-11-13-28(23,24)14-19/h2-9,19H,10-14H2,1H3,(H,21,22). The maximum Gasteiger partial charge on any atom is 0.251 e. The summed E-state index contributed by atoms with van der Waals surface area (Å²) in [5, 5.41) is 1.88. The van der Waals surface area contributed by atoms with Gasteiger partial charge in [0.1, 0.15) is 5.75 Å². The molecule has 1 aliphatic heterocycles. The first kappa shape index (κ1) is 21.3. The molecule has 1 aliphatic rings. The average molecular weight is 438 g/mol. The lowest BCUT2D eigenvalue weighted by atomic mass is 10.1. The van der Waals surface area contributed by atoms with Gasteiger partial charge in [-0.25, -0.2) is 16.8 Å². The fourth-order valence-corrected chi connectivity index (χ4v) is 7.57. The van der Waals surface area contributed by atoms with E-state index in [1.807, 2.05) is 24.3 Å². The van der Waals surface area contributed by atoms with Crippen LogP contribution in [0.25, 0.3) is 0 Å².